The molecule has 0 atom stereocenters. The second kappa shape index (κ2) is 5.29. The Morgan fingerprint density at radius 3 is 2.80 bits per heavy atom. The van der Waals surface area contributed by atoms with Gasteiger partial charge in [0.1, 0.15) is 0 Å². The van der Waals surface area contributed by atoms with Crippen LogP contribution >= 0.6 is 0 Å². The molecule has 1 aliphatic carbocycles. The highest BCUT2D eigenvalue weighted by atomic mass is 16.3. The maximum Gasteiger partial charge on any atom is 0.0953 e. The summed E-state index contributed by atoms with van der Waals surface area (Å²) in [5.74, 6) is 0. The predicted molar refractivity (Wildman–Crippen MR) is 82.7 cm³/mol. The maximum atomic E-state index is 10.6. The van der Waals surface area contributed by atoms with Gasteiger partial charge in [0.05, 0.1) is 16.8 Å². The molecule has 2 aromatic rings. The van der Waals surface area contributed by atoms with Crippen LogP contribution in [0.15, 0.2) is 30.5 Å². The van der Waals surface area contributed by atoms with Gasteiger partial charge >= 0.3 is 0 Å². The van der Waals surface area contributed by atoms with Gasteiger partial charge in [0.15, 0.2) is 0 Å². The molecule has 0 bridgehead atoms. The van der Waals surface area contributed by atoms with Crippen molar-refractivity contribution in [1.82, 2.24) is 4.98 Å². The molecule has 4 N–H and O–H groups in total. The standard InChI is InChI=1S/C16H21N3O/c17-13-6-7-14(15-12(13)5-4-10-18-15)19-11-16(20)8-2-1-3-9-16/h4-7,10,19-20H,1-3,8-9,11,17H2. The van der Waals surface area contributed by atoms with Gasteiger partial charge in [-0.3, -0.25) is 4.98 Å². The van der Waals surface area contributed by atoms with Crippen LogP contribution < -0.4 is 11.1 Å². The Hall–Kier alpha value is -1.81. The molecule has 0 radical (unpaired) electrons. The van der Waals surface area contributed by atoms with Gasteiger partial charge in [-0.1, -0.05) is 19.3 Å². The van der Waals surface area contributed by atoms with Crippen LogP contribution in [0.4, 0.5) is 11.4 Å². The van der Waals surface area contributed by atoms with E-state index >= 15 is 0 Å². The van der Waals surface area contributed by atoms with Crippen molar-refractivity contribution < 1.29 is 5.11 Å². The van der Waals surface area contributed by atoms with E-state index in [4.69, 9.17) is 5.73 Å². The van der Waals surface area contributed by atoms with Crippen molar-refractivity contribution in [3.05, 3.63) is 30.5 Å². The minimum Gasteiger partial charge on any atom is -0.398 e. The number of rotatable bonds is 3. The number of nitrogen functional groups attached to an aromatic ring is 1. The summed E-state index contributed by atoms with van der Waals surface area (Å²) in [7, 11) is 0. The third-order valence-electron chi connectivity index (χ3n) is 4.20. The van der Waals surface area contributed by atoms with Crippen molar-refractivity contribution in [3.63, 3.8) is 0 Å². The zero-order chi connectivity index (χ0) is 14.0. The van der Waals surface area contributed by atoms with Gasteiger partial charge in [0.25, 0.3) is 0 Å². The highest BCUT2D eigenvalue weighted by molar-refractivity contribution is 5.98. The summed E-state index contributed by atoms with van der Waals surface area (Å²) in [6, 6.07) is 7.68. The monoisotopic (exact) mass is 271 g/mol. The van der Waals surface area contributed by atoms with E-state index in [2.05, 4.69) is 10.3 Å². The van der Waals surface area contributed by atoms with Crippen LogP contribution in [0.2, 0.25) is 0 Å². The fourth-order valence-corrected chi connectivity index (χ4v) is 2.98. The average molecular weight is 271 g/mol. The quantitative estimate of drug-likeness (QED) is 0.751. The lowest BCUT2D eigenvalue weighted by Gasteiger charge is -2.32. The van der Waals surface area contributed by atoms with E-state index in [9.17, 15) is 5.11 Å². The normalized spacial score (nSPS) is 18.1. The van der Waals surface area contributed by atoms with Crippen molar-refractivity contribution in [1.29, 1.82) is 0 Å². The zero-order valence-corrected chi connectivity index (χ0v) is 11.6. The summed E-state index contributed by atoms with van der Waals surface area (Å²) >= 11 is 0. The summed E-state index contributed by atoms with van der Waals surface area (Å²) in [5, 5.41) is 14.9. The molecule has 0 unspecified atom stereocenters. The largest absolute Gasteiger partial charge is 0.398 e. The van der Waals surface area contributed by atoms with Crippen LogP contribution in [0.1, 0.15) is 32.1 Å². The molecule has 4 nitrogen and oxygen atoms in total. The lowest BCUT2D eigenvalue weighted by atomic mass is 9.85. The van der Waals surface area contributed by atoms with Crippen LogP contribution in [-0.2, 0) is 0 Å². The van der Waals surface area contributed by atoms with Gasteiger partial charge in [-0.05, 0) is 37.1 Å². The zero-order valence-electron chi connectivity index (χ0n) is 11.6. The lowest BCUT2D eigenvalue weighted by Crippen LogP contribution is -2.38. The Kier molecular flexibility index (Phi) is 3.49. The maximum absolute atomic E-state index is 10.6. The first-order valence-corrected chi connectivity index (χ1v) is 7.27. The highest BCUT2D eigenvalue weighted by Crippen LogP contribution is 2.30. The number of anilines is 2. The number of nitrogens with two attached hydrogens (primary N) is 1. The number of nitrogens with one attached hydrogen (secondary N) is 1. The molecule has 1 heterocycles. The first-order chi connectivity index (χ1) is 9.68. The molecule has 1 aromatic carbocycles. The molecule has 0 amide bonds. The summed E-state index contributed by atoms with van der Waals surface area (Å²) in [6.45, 7) is 0.572. The van der Waals surface area contributed by atoms with E-state index in [0.717, 1.165) is 48.0 Å². The Labute approximate surface area is 119 Å². The van der Waals surface area contributed by atoms with Gasteiger partial charge in [-0.2, -0.15) is 0 Å². The van der Waals surface area contributed by atoms with E-state index in [-0.39, 0.29) is 0 Å². The van der Waals surface area contributed by atoms with Crippen LogP contribution in [0, 0.1) is 0 Å². The Bertz CT molecular complexity index is 606. The van der Waals surface area contributed by atoms with Crippen molar-refractivity contribution in [2.24, 2.45) is 0 Å². The van der Waals surface area contributed by atoms with Gasteiger partial charge in [0, 0.05) is 23.8 Å². The fraction of sp³-hybridized carbons (Fsp3) is 0.438. The third-order valence-corrected chi connectivity index (χ3v) is 4.20. The van der Waals surface area contributed by atoms with Crippen LogP contribution in [0.5, 0.6) is 0 Å². The SMILES string of the molecule is Nc1ccc(NCC2(O)CCCCC2)c2ncccc12. The first kappa shape index (κ1) is 13.2. The van der Waals surface area contributed by atoms with Crippen LogP contribution in [-0.4, -0.2) is 22.2 Å². The number of pyridine rings is 1. The molecule has 1 saturated carbocycles. The number of hydrogen-bond acceptors (Lipinski definition) is 4. The molecule has 3 rings (SSSR count). The Morgan fingerprint density at radius 2 is 2.00 bits per heavy atom. The number of benzene rings is 1. The van der Waals surface area contributed by atoms with E-state index in [1.165, 1.54) is 6.42 Å². The lowest BCUT2D eigenvalue weighted by molar-refractivity contribution is 0.0167. The molecule has 0 saturated heterocycles. The molecule has 0 spiro atoms. The Balaban J connectivity index is 1.82. The molecule has 1 fully saturated rings. The van der Waals surface area contributed by atoms with Crippen molar-refractivity contribution >= 4 is 22.3 Å². The van der Waals surface area contributed by atoms with Gasteiger partial charge in [-0.25, -0.2) is 0 Å². The Morgan fingerprint density at radius 1 is 1.20 bits per heavy atom. The number of nitrogens with zero attached hydrogens (tertiary/aromatic N) is 1. The van der Waals surface area contributed by atoms with E-state index < -0.39 is 5.60 Å². The molecular formula is C16H21N3O. The van der Waals surface area contributed by atoms with Gasteiger partial charge in [0.2, 0.25) is 0 Å². The molecule has 4 heteroatoms. The second-order valence-electron chi connectivity index (χ2n) is 5.74. The minimum atomic E-state index is -0.583. The summed E-state index contributed by atoms with van der Waals surface area (Å²) < 4.78 is 0. The number of aromatic nitrogens is 1. The predicted octanol–water partition coefficient (Wildman–Crippen LogP) is 2.92. The van der Waals surface area contributed by atoms with Crippen LogP contribution in [0.3, 0.4) is 0 Å². The second-order valence-corrected chi connectivity index (χ2v) is 5.74. The summed E-state index contributed by atoms with van der Waals surface area (Å²) in [6.07, 6.45) is 6.97. The molecular weight excluding hydrogens is 250 g/mol. The van der Waals surface area contributed by atoms with Crippen molar-refractivity contribution in [3.8, 4) is 0 Å². The topological polar surface area (TPSA) is 71.2 Å². The molecule has 1 aromatic heterocycles. The molecule has 106 valence electrons. The highest BCUT2D eigenvalue weighted by Gasteiger charge is 2.28. The molecule has 0 aliphatic heterocycles. The smallest absolute Gasteiger partial charge is 0.0953 e. The minimum absolute atomic E-state index is 0.572. The van der Waals surface area contributed by atoms with E-state index in [0.29, 0.717) is 6.54 Å². The molecule has 20 heavy (non-hydrogen) atoms. The number of hydrogen-bond donors (Lipinski definition) is 3. The first-order valence-electron chi connectivity index (χ1n) is 7.27. The van der Waals surface area contributed by atoms with Crippen molar-refractivity contribution in [2.45, 2.75) is 37.7 Å². The van der Waals surface area contributed by atoms with Crippen LogP contribution in [0.25, 0.3) is 10.9 Å². The van der Waals surface area contributed by atoms with E-state index in [1.807, 2.05) is 24.3 Å². The molecule has 1 aliphatic rings. The van der Waals surface area contributed by atoms with Gasteiger partial charge < -0.3 is 16.2 Å². The number of aliphatic hydroxyl groups is 1. The number of fused-ring (bicyclic) bond motifs is 1. The van der Waals surface area contributed by atoms with Crippen molar-refractivity contribution in [2.75, 3.05) is 17.6 Å². The third kappa shape index (κ3) is 2.56. The van der Waals surface area contributed by atoms with E-state index in [1.54, 1.807) is 6.20 Å². The summed E-state index contributed by atoms with van der Waals surface area (Å²) in [5.41, 5.74) is 7.93. The fourth-order valence-electron chi connectivity index (χ4n) is 2.98. The summed E-state index contributed by atoms with van der Waals surface area (Å²) in [4.78, 5) is 4.40. The van der Waals surface area contributed by atoms with Gasteiger partial charge in [-0.15, -0.1) is 0 Å². The average Bonchev–Trinajstić information content (AvgIpc) is 2.48.